The number of aromatic nitrogens is 4. The Morgan fingerprint density at radius 3 is 0.633 bits per heavy atom. The summed E-state index contributed by atoms with van der Waals surface area (Å²) in [6, 6.07) is 39.3. The van der Waals surface area contributed by atoms with Gasteiger partial charge in [-0.2, -0.15) is 0 Å². The fourth-order valence-corrected chi connectivity index (χ4v) is 13.4. The molecule has 0 saturated heterocycles. The van der Waals surface area contributed by atoms with E-state index < -0.39 is 23.5 Å². The number of ether oxygens (including phenoxy) is 25. The fourth-order valence-electron chi connectivity index (χ4n) is 13.4. The third-order valence-electron chi connectivity index (χ3n) is 20.0. The second-order valence-corrected chi connectivity index (χ2v) is 29.0. The molecular weight excluding hydrogens is 1660 g/mol. The van der Waals surface area contributed by atoms with Crippen LogP contribution in [-0.4, -0.2) is 347 Å². The maximum absolute atomic E-state index is 12.1. The number of hydrogen-bond donors (Lipinski definition) is 4. The average Bonchev–Trinajstić information content (AvgIpc) is 1.48. The molecular formula is C95H126N4O29. The number of methoxy groups -OCH3 is 3. The van der Waals surface area contributed by atoms with Gasteiger partial charge in [-0.3, -0.25) is 9.59 Å². The van der Waals surface area contributed by atoms with Crippen molar-refractivity contribution in [1.82, 2.24) is 19.9 Å². The van der Waals surface area contributed by atoms with Crippen LogP contribution in [0, 0.1) is 5.41 Å². The standard InChI is InChI=1S/C95H126N4O29/c1-104-28-31-107-34-37-110-40-43-113-46-49-116-52-55-119-58-61-122-64-67-125-76-12-4-72(5-13-76)89-81-20-22-83(96-81)90(73-6-14-77(15-7-73)126-68-65-123-62-59-120-56-53-117-50-47-114-44-41-111-38-35-108-32-29-105-2)85-24-26-87(98-85)92(75-10-18-79(19-11-75)128-80-70-95(71-80,93(100)101)94(102)103)88-27-25-86(99-88)91(84-23-21-82(89)97-84)74-8-16-78(17-9-74)127-69-66-124-63-60-121-57-54-118-51-48-115-45-42-112-39-36-109-33-30-106-3/h4-27,80,96,99H,28-71H2,1-3H3,(H,100,101)(H,102,103). The van der Waals surface area contributed by atoms with Crippen molar-refractivity contribution in [2.45, 2.75) is 18.9 Å². The Morgan fingerprint density at radius 2 is 0.445 bits per heavy atom. The van der Waals surface area contributed by atoms with Crippen molar-refractivity contribution in [2.75, 3.05) is 299 Å². The first kappa shape index (κ1) is 101. The van der Waals surface area contributed by atoms with Crippen molar-refractivity contribution in [2.24, 2.45) is 5.41 Å². The summed E-state index contributed by atoms with van der Waals surface area (Å²) in [6.45, 7) is 18.8. The van der Waals surface area contributed by atoms with Crippen molar-refractivity contribution >= 4 is 58.3 Å². The number of aromatic amines is 2. The highest BCUT2D eigenvalue weighted by molar-refractivity contribution is 6.01. The molecule has 3 aromatic heterocycles. The Kier molecular flexibility index (Phi) is 47.8. The SMILES string of the molecule is COCCOCCOCCOCCOCCOCCOCCOc1ccc(-c2c3nc(c(-c4ccc(OCCOCCOCCOCCOCCOCCOCCOC)cc4)c4ccc([nH]4)c(-c4ccc(OC5CC(C(=O)O)(C(=O)O)C5)cc4)c4nc(c(-c5ccc(OCCOCCOCCOCCOCCOCCOCCOC)cc5)c5ccc2[nH]5)C=C4)C=C3)cc1. The summed E-state index contributed by atoms with van der Waals surface area (Å²) < 4.78 is 141. The minimum atomic E-state index is -1.90. The Hall–Kier alpha value is -9.22. The first-order valence-electron chi connectivity index (χ1n) is 43.6. The molecule has 7 aromatic rings. The van der Waals surface area contributed by atoms with Gasteiger partial charge >= 0.3 is 11.9 Å². The number of benzene rings is 4. The molecule has 10 rings (SSSR count). The summed E-state index contributed by atoms with van der Waals surface area (Å²) in [6.07, 6.45) is 7.12. The number of carboxylic acid groups (broad SMARTS) is 2. The van der Waals surface area contributed by atoms with Crippen LogP contribution in [0.4, 0.5) is 0 Å². The van der Waals surface area contributed by atoms with E-state index in [1.165, 1.54) is 0 Å². The molecule has 0 unspecified atom stereocenters. The number of carboxylic acids is 2. The zero-order valence-electron chi connectivity index (χ0n) is 73.9. The predicted molar refractivity (Wildman–Crippen MR) is 479 cm³/mol. The normalized spacial score (nSPS) is 12.9. The molecule has 33 nitrogen and oxygen atoms in total. The van der Waals surface area contributed by atoms with Crippen molar-refractivity contribution in [3.05, 3.63) is 144 Å². The second kappa shape index (κ2) is 60.6. The van der Waals surface area contributed by atoms with Crippen LogP contribution in [-0.2, 0) is 109 Å². The highest BCUT2D eigenvalue weighted by Crippen LogP contribution is 2.45. The molecule has 0 amide bonds. The highest BCUT2D eigenvalue weighted by atomic mass is 16.6. The summed E-state index contributed by atoms with van der Waals surface area (Å²) in [5, 5.41) is 19.7. The maximum Gasteiger partial charge on any atom is 0.321 e. The third-order valence-corrected chi connectivity index (χ3v) is 20.0. The molecule has 0 spiro atoms. The number of nitrogens with zero attached hydrogens (tertiary/aromatic N) is 2. The molecule has 0 atom stereocenters. The average molecular weight is 1790 g/mol. The molecule has 700 valence electrons. The van der Waals surface area contributed by atoms with E-state index in [9.17, 15) is 19.8 Å². The molecule has 1 saturated carbocycles. The minimum Gasteiger partial charge on any atom is -0.491 e. The Labute approximate surface area is 747 Å². The minimum absolute atomic E-state index is 0.169. The van der Waals surface area contributed by atoms with Gasteiger partial charge in [0.1, 0.15) is 48.9 Å². The topological polar surface area (TPSA) is 363 Å². The molecule has 1 fully saturated rings. The lowest BCUT2D eigenvalue weighted by Gasteiger charge is -2.40. The molecule has 33 heteroatoms. The molecule has 1 aliphatic carbocycles. The molecule has 128 heavy (non-hydrogen) atoms. The van der Waals surface area contributed by atoms with E-state index in [0.29, 0.717) is 323 Å². The van der Waals surface area contributed by atoms with Crippen molar-refractivity contribution < 1.29 is 138 Å². The van der Waals surface area contributed by atoms with E-state index in [-0.39, 0.29) is 12.8 Å². The van der Waals surface area contributed by atoms with E-state index in [4.69, 9.17) is 128 Å². The van der Waals surface area contributed by atoms with Crippen LogP contribution in [0.2, 0.25) is 0 Å². The smallest absolute Gasteiger partial charge is 0.321 e. The lowest BCUT2D eigenvalue weighted by molar-refractivity contribution is -0.178. The van der Waals surface area contributed by atoms with Crippen molar-refractivity contribution in [3.63, 3.8) is 0 Å². The van der Waals surface area contributed by atoms with E-state index in [1.807, 2.05) is 121 Å². The van der Waals surface area contributed by atoms with Gasteiger partial charge in [-0.25, -0.2) is 9.97 Å². The number of aliphatic carboxylic acids is 2. The Bertz CT molecular complexity index is 4380. The highest BCUT2D eigenvalue weighted by Gasteiger charge is 2.58. The van der Waals surface area contributed by atoms with Gasteiger partial charge in [-0.1, -0.05) is 48.5 Å². The lowest BCUT2D eigenvalue weighted by atomic mass is 9.66. The summed E-state index contributed by atoms with van der Waals surface area (Å²) in [4.78, 5) is 42.9. The monoisotopic (exact) mass is 1790 g/mol. The Balaban J connectivity index is 0.832. The van der Waals surface area contributed by atoms with Gasteiger partial charge < -0.3 is 139 Å². The van der Waals surface area contributed by atoms with Crippen LogP contribution in [0.1, 0.15) is 35.6 Å². The van der Waals surface area contributed by atoms with Gasteiger partial charge in [0.25, 0.3) is 0 Å². The third kappa shape index (κ3) is 35.6. The lowest BCUT2D eigenvalue weighted by Crippen LogP contribution is -2.54. The first-order valence-corrected chi connectivity index (χ1v) is 43.6. The van der Waals surface area contributed by atoms with Gasteiger partial charge in [0, 0.05) is 78.5 Å². The first-order chi connectivity index (χ1) is 63.1. The Morgan fingerprint density at radius 1 is 0.266 bits per heavy atom. The van der Waals surface area contributed by atoms with Gasteiger partial charge in [-0.05, 0) is 119 Å². The number of hydrogen-bond acceptors (Lipinski definition) is 29. The number of nitrogens with one attached hydrogen (secondary N) is 2. The van der Waals surface area contributed by atoms with Gasteiger partial charge in [-0.15, -0.1) is 0 Å². The second-order valence-electron chi connectivity index (χ2n) is 29.0. The summed E-state index contributed by atoms with van der Waals surface area (Å²) in [5.74, 6) is -0.376. The summed E-state index contributed by atoms with van der Waals surface area (Å²) >= 11 is 0. The van der Waals surface area contributed by atoms with Crippen LogP contribution in [0.3, 0.4) is 0 Å². The summed E-state index contributed by atoms with van der Waals surface area (Å²) in [5.41, 5.74) is 10.3. The summed E-state index contributed by atoms with van der Waals surface area (Å²) in [7, 11) is 4.91. The van der Waals surface area contributed by atoms with Crippen LogP contribution >= 0.6 is 0 Å². The van der Waals surface area contributed by atoms with E-state index >= 15 is 0 Å². The number of carbonyl (C=O) groups is 2. The van der Waals surface area contributed by atoms with Crippen LogP contribution in [0.25, 0.3) is 90.9 Å². The molecule has 0 radical (unpaired) electrons. The molecule has 4 aromatic carbocycles. The van der Waals surface area contributed by atoms with Crippen LogP contribution in [0.5, 0.6) is 23.0 Å². The molecule has 4 N–H and O–H groups in total. The van der Waals surface area contributed by atoms with Gasteiger partial charge in [0.05, 0.1) is 280 Å². The van der Waals surface area contributed by atoms with Crippen molar-refractivity contribution in [3.8, 4) is 67.5 Å². The van der Waals surface area contributed by atoms with Gasteiger partial charge in [0.2, 0.25) is 0 Å². The molecule has 5 heterocycles. The van der Waals surface area contributed by atoms with E-state index in [0.717, 1.165) is 66.6 Å². The predicted octanol–water partition coefficient (Wildman–Crippen LogP) is 11.4. The van der Waals surface area contributed by atoms with Crippen LogP contribution < -0.4 is 18.9 Å². The zero-order chi connectivity index (χ0) is 89.4. The van der Waals surface area contributed by atoms with E-state index in [2.05, 4.69) is 22.1 Å². The quantitative estimate of drug-likeness (QED) is 0.0203. The largest absolute Gasteiger partial charge is 0.491 e. The van der Waals surface area contributed by atoms with Gasteiger partial charge in [0.15, 0.2) is 5.41 Å². The number of fused-ring (bicyclic) bond motifs is 8. The zero-order valence-corrected chi connectivity index (χ0v) is 73.9. The van der Waals surface area contributed by atoms with E-state index in [1.54, 1.807) is 33.5 Å². The number of rotatable bonds is 74. The molecule has 2 aliphatic heterocycles. The van der Waals surface area contributed by atoms with Crippen molar-refractivity contribution in [1.29, 1.82) is 0 Å². The number of H-pyrrole nitrogens is 2. The molecule has 8 bridgehead atoms. The van der Waals surface area contributed by atoms with Crippen LogP contribution in [0.15, 0.2) is 121 Å². The molecule has 3 aliphatic rings. The maximum atomic E-state index is 12.1. The fraction of sp³-hybridized carbons (Fsp3) is 0.516.